The summed E-state index contributed by atoms with van der Waals surface area (Å²) in [6.45, 7) is 8.71. The van der Waals surface area contributed by atoms with E-state index in [1.807, 2.05) is 13.0 Å². The van der Waals surface area contributed by atoms with Crippen molar-refractivity contribution < 1.29 is 9.18 Å². The Labute approximate surface area is 120 Å². The van der Waals surface area contributed by atoms with E-state index in [1.54, 1.807) is 13.0 Å². The van der Waals surface area contributed by atoms with Gasteiger partial charge in [-0.1, -0.05) is 13.8 Å². The van der Waals surface area contributed by atoms with Gasteiger partial charge in [-0.05, 0) is 43.0 Å². The summed E-state index contributed by atoms with van der Waals surface area (Å²) < 4.78 is 13.3. The number of amides is 1. The Bertz CT molecular complexity index is 501. The summed E-state index contributed by atoms with van der Waals surface area (Å²) in [4.78, 5) is 13.6. The van der Waals surface area contributed by atoms with E-state index in [0.29, 0.717) is 5.92 Å². The number of hydrogen-bond acceptors (Lipinski definition) is 2. The van der Waals surface area contributed by atoms with Gasteiger partial charge in [-0.2, -0.15) is 0 Å². The van der Waals surface area contributed by atoms with E-state index >= 15 is 0 Å². The van der Waals surface area contributed by atoms with Crippen molar-refractivity contribution >= 4 is 11.6 Å². The molecular weight excluding hydrogens is 255 g/mol. The van der Waals surface area contributed by atoms with Gasteiger partial charge in [0.25, 0.3) is 0 Å². The standard InChI is InChI=1S/C16H23FN2O/c1-10(2)16-14(18-12(4)20)7-8-19(16)15-6-5-13(17)9-11(15)3/h5-6,9-10,14,16H,7-8H2,1-4H3,(H,18,20). The number of nitrogens with zero attached hydrogens (tertiary/aromatic N) is 1. The minimum atomic E-state index is -0.204. The number of nitrogens with one attached hydrogen (secondary N) is 1. The fourth-order valence-electron chi connectivity index (χ4n) is 3.28. The highest BCUT2D eigenvalue weighted by Gasteiger charge is 2.37. The second kappa shape index (κ2) is 5.81. The highest BCUT2D eigenvalue weighted by Crippen LogP contribution is 2.32. The molecule has 0 spiro atoms. The lowest BCUT2D eigenvalue weighted by Gasteiger charge is -2.34. The fraction of sp³-hybridized carbons (Fsp3) is 0.562. The molecular formula is C16H23FN2O. The van der Waals surface area contributed by atoms with Crippen LogP contribution < -0.4 is 10.2 Å². The van der Waals surface area contributed by atoms with Crippen molar-refractivity contribution in [2.45, 2.75) is 46.2 Å². The van der Waals surface area contributed by atoms with Crippen LogP contribution >= 0.6 is 0 Å². The van der Waals surface area contributed by atoms with Crippen LogP contribution in [0.5, 0.6) is 0 Å². The van der Waals surface area contributed by atoms with Gasteiger partial charge in [0.1, 0.15) is 5.82 Å². The Kier molecular flexibility index (Phi) is 4.31. The summed E-state index contributed by atoms with van der Waals surface area (Å²) in [7, 11) is 0. The third-order valence-electron chi connectivity index (χ3n) is 3.99. The van der Waals surface area contributed by atoms with Crippen LogP contribution in [0, 0.1) is 18.7 Å². The second-order valence-corrected chi connectivity index (χ2v) is 5.95. The van der Waals surface area contributed by atoms with Crippen LogP contribution in [-0.2, 0) is 4.79 Å². The summed E-state index contributed by atoms with van der Waals surface area (Å²) >= 11 is 0. The van der Waals surface area contributed by atoms with Crippen LogP contribution in [0.2, 0.25) is 0 Å². The molecule has 0 bridgehead atoms. The number of halogens is 1. The van der Waals surface area contributed by atoms with Gasteiger partial charge in [-0.25, -0.2) is 4.39 Å². The van der Waals surface area contributed by atoms with Crippen molar-refractivity contribution in [1.29, 1.82) is 0 Å². The first-order chi connectivity index (χ1) is 9.40. The lowest BCUT2D eigenvalue weighted by molar-refractivity contribution is -0.119. The number of carbonyl (C=O) groups is 1. The van der Waals surface area contributed by atoms with Gasteiger partial charge in [0.2, 0.25) is 5.91 Å². The normalized spacial score (nSPS) is 22.4. The molecule has 2 atom stereocenters. The zero-order valence-corrected chi connectivity index (χ0v) is 12.6. The molecule has 2 rings (SSSR count). The van der Waals surface area contributed by atoms with Gasteiger partial charge in [-0.3, -0.25) is 4.79 Å². The number of carbonyl (C=O) groups excluding carboxylic acids is 1. The first-order valence-electron chi connectivity index (χ1n) is 7.20. The average molecular weight is 278 g/mol. The van der Waals surface area contributed by atoms with E-state index in [0.717, 1.165) is 24.2 Å². The Morgan fingerprint density at radius 3 is 2.70 bits per heavy atom. The largest absolute Gasteiger partial charge is 0.366 e. The van der Waals surface area contributed by atoms with Crippen LogP contribution in [0.3, 0.4) is 0 Å². The van der Waals surface area contributed by atoms with Gasteiger partial charge in [0, 0.05) is 19.2 Å². The maximum Gasteiger partial charge on any atom is 0.217 e. The molecule has 110 valence electrons. The molecule has 1 aromatic carbocycles. The summed E-state index contributed by atoms with van der Waals surface area (Å²) in [5.74, 6) is 0.224. The zero-order chi connectivity index (χ0) is 14.9. The maximum atomic E-state index is 13.3. The molecule has 4 heteroatoms. The number of anilines is 1. The fourth-order valence-corrected chi connectivity index (χ4v) is 3.28. The van der Waals surface area contributed by atoms with E-state index in [-0.39, 0.29) is 23.8 Å². The summed E-state index contributed by atoms with van der Waals surface area (Å²) in [5, 5.41) is 3.05. The van der Waals surface area contributed by atoms with E-state index in [9.17, 15) is 9.18 Å². The van der Waals surface area contributed by atoms with Gasteiger partial charge in [0.15, 0.2) is 0 Å². The molecule has 3 nitrogen and oxygen atoms in total. The second-order valence-electron chi connectivity index (χ2n) is 5.95. The lowest BCUT2D eigenvalue weighted by atomic mass is 9.96. The Morgan fingerprint density at radius 2 is 2.15 bits per heavy atom. The quantitative estimate of drug-likeness (QED) is 0.922. The van der Waals surface area contributed by atoms with Gasteiger partial charge >= 0.3 is 0 Å². The van der Waals surface area contributed by atoms with Crippen LogP contribution in [-0.4, -0.2) is 24.5 Å². The average Bonchev–Trinajstić information content (AvgIpc) is 2.71. The molecule has 0 saturated carbocycles. The predicted octanol–water partition coefficient (Wildman–Crippen LogP) is 2.87. The number of rotatable bonds is 3. The lowest BCUT2D eigenvalue weighted by Crippen LogP contribution is -2.47. The third kappa shape index (κ3) is 2.94. The van der Waals surface area contributed by atoms with Crippen molar-refractivity contribution in [2.24, 2.45) is 5.92 Å². The van der Waals surface area contributed by atoms with Crippen LogP contribution in [0.15, 0.2) is 18.2 Å². The van der Waals surface area contributed by atoms with Gasteiger partial charge < -0.3 is 10.2 Å². The molecule has 0 radical (unpaired) electrons. The molecule has 1 aliphatic heterocycles. The zero-order valence-electron chi connectivity index (χ0n) is 12.6. The van der Waals surface area contributed by atoms with E-state index in [4.69, 9.17) is 0 Å². The van der Waals surface area contributed by atoms with E-state index in [1.165, 1.54) is 6.07 Å². The molecule has 0 aromatic heterocycles. The molecule has 20 heavy (non-hydrogen) atoms. The summed E-state index contributed by atoms with van der Waals surface area (Å²) in [6, 6.07) is 5.33. The van der Waals surface area contributed by atoms with Crippen molar-refractivity contribution in [3.05, 3.63) is 29.6 Å². The Hall–Kier alpha value is -1.58. The summed E-state index contributed by atoms with van der Waals surface area (Å²) in [5.41, 5.74) is 2.01. The smallest absolute Gasteiger partial charge is 0.217 e. The molecule has 0 aliphatic carbocycles. The minimum Gasteiger partial charge on any atom is -0.366 e. The molecule has 1 aliphatic rings. The number of hydrogen-bond donors (Lipinski definition) is 1. The molecule has 1 heterocycles. The first kappa shape index (κ1) is 14.8. The minimum absolute atomic E-state index is 0.0123. The molecule has 1 N–H and O–H groups in total. The van der Waals surface area contributed by atoms with Crippen molar-refractivity contribution in [3.63, 3.8) is 0 Å². The first-order valence-corrected chi connectivity index (χ1v) is 7.20. The van der Waals surface area contributed by atoms with Crippen LogP contribution in [0.25, 0.3) is 0 Å². The van der Waals surface area contributed by atoms with E-state index in [2.05, 4.69) is 24.1 Å². The maximum absolute atomic E-state index is 13.3. The van der Waals surface area contributed by atoms with Crippen LogP contribution in [0.1, 0.15) is 32.8 Å². The van der Waals surface area contributed by atoms with Crippen molar-refractivity contribution in [1.82, 2.24) is 5.32 Å². The molecule has 1 aromatic rings. The molecule has 1 amide bonds. The summed E-state index contributed by atoms with van der Waals surface area (Å²) in [6.07, 6.45) is 0.930. The van der Waals surface area contributed by atoms with Gasteiger partial charge in [0.05, 0.1) is 12.1 Å². The highest BCUT2D eigenvalue weighted by molar-refractivity contribution is 5.73. The monoisotopic (exact) mass is 278 g/mol. The molecule has 1 fully saturated rings. The Balaban J connectivity index is 2.29. The number of aryl methyl sites for hydroxylation is 1. The van der Waals surface area contributed by atoms with E-state index < -0.39 is 0 Å². The Morgan fingerprint density at radius 1 is 1.45 bits per heavy atom. The topological polar surface area (TPSA) is 32.3 Å². The molecule has 1 saturated heterocycles. The molecule has 2 unspecified atom stereocenters. The highest BCUT2D eigenvalue weighted by atomic mass is 19.1. The third-order valence-corrected chi connectivity index (χ3v) is 3.99. The van der Waals surface area contributed by atoms with Crippen LogP contribution in [0.4, 0.5) is 10.1 Å². The SMILES string of the molecule is CC(=O)NC1CCN(c2ccc(F)cc2C)C1C(C)C. The van der Waals surface area contributed by atoms with Gasteiger partial charge in [-0.15, -0.1) is 0 Å². The van der Waals surface area contributed by atoms with Crippen molar-refractivity contribution in [2.75, 3.05) is 11.4 Å². The predicted molar refractivity (Wildman–Crippen MR) is 79.3 cm³/mol. The van der Waals surface area contributed by atoms with Crippen molar-refractivity contribution in [3.8, 4) is 0 Å². The number of benzene rings is 1.